The van der Waals surface area contributed by atoms with Crippen LogP contribution < -0.4 is 15.8 Å². The van der Waals surface area contributed by atoms with Crippen LogP contribution in [0, 0.1) is 13.8 Å². The summed E-state index contributed by atoms with van der Waals surface area (Å²) in [6.45, 7) is 16.2. The van der Waals surface area contributed by atoms with Gasteiger partial charge in [-0.3, -0.25) is 14.2 Å². The predicted molar refractivity (Wildman–Crippen MR) is 130 cm³/mol. The van der Waals surface area contributed by atoms with E-state index >= 15 is 0 Å². The van der Waals surface area contributed by atoms with Gasteiger partial charge in [0.1, 0.15) is 11.2 Å². The van der Waals surface area contributed by atoms with Gasteiger partial charge < -0.3 is 10.2 Å². The Balaban J connectivity index is 1.75. The lowest BCUT2D eigenvalue weighted by molar-refractivity contribution is -0.116. The molecule has 0 fully saturated rings. The summed E-state index contributed by atoms with van der Waals surface area (Å²) < 4.78 is 3.31. The van der Waals surface area contributed by atoms with E-state index in [-0.39, 0.29) is 30.0 Å². The first-order valence-corrected chi connectivity index (χ1v) is 11.2. The maximum absolute atomic E-state index is 13.0. The Morgan fingerprint density at radius 2 is 1.84 bits per heavy atom. The summed E-state index contributed by atoms with van der Waals surface area (Å²) in [5.41, 5.74) is 3.06. The van der Waals surface area contributed by atoms with Crippen LogP contribution in [-0.2, 0) is 16.9 Å². The van der Waals surface area contributed by atoms with Gasteiger partial charge in [0.15, 0.2) is 5.65 Å². The van der Waals surface area contributed by atoms with Gasteiger partial charge in [0.2, 0.25) is 5.91 Å². The van der Waals surface area contributed by atoms with Crippen LogP contribution in [-0.4, -0.2) is 38.3 Å². The second-order valence-electron chi connectivity index (χ2n) is 9.05. The molecule has 3 aromatic rings. The molecular formula is C24H34N6O2. The molecular weight excluding hydrogens is 404 g/mol. The number of benzene rings is 1. The number of nitrogens with zero attached hydrogens (tertiary/aromatic N) is 5. The molecule has 0 radical (unpaired) electrons. The van der Waals surface area contributed by atoms with Crippen molar-refractivity contribution in [3.63, 3.8) is 0 Å². The summed E-state index contributed by atoms with van der Waals surface area (Å²) in [5, 5.41) is 7.80. The first-order chi connectivity index (χ1) is 15.1. The van der Waals surface area contributed by atoms with Gasteiger partial charge in [-0.05, 0) is 72.2 Å². The first-order valence-electron chi connectivity index (χ1n) is 11.2. The van der Waals surface area contributed by atoms with Crippen LogP contribution in [0.3, 0.4) is 0 Å². The Morgan fingerprint density at radius 3 is 2.44 bits per heavy atom. The van der Waals surface area contributed by atoms with E-state index in [0.717, 1.165) is 30.0 Å². The highest BCUT2D eigenvalue weighted by Gasteiger charge is 2.21. The van der Waals surface area contributed by atoms with E-state index in [2.05, 4.69) is 40.2 Å². The van der Waals surface area contributed by atoms with Crippen LogP contribution in [0.4, 0.5) is 11.4 Å². The second kappa shape index (κ2) is 9.14. The van der Waals surface area contributed by atoms with Gasteiger partial charge in [0.05, 0.1) is 11.7 Å². The van der Waals surface area contributed by atoms with E-state index in [4.69, 9.17) is 0 Å². The average Bonchev–Trinajstić information content (AvgIpc) is 3.15. The summed E-state index contributed by atoms with van der Waals surface area (Å²) >= 11 is 0. The minimum absolute atomic E-state index is 0.138. The molecule has 0 saturated carbocycles. The number of amides is 1. The van der Waals surface area contributed by atoms with Crippen molar-refractivity contribution in [3.05, 3.63) is 46.1 Å². The van der Waals surface area contributed by atoms with Crippen molar-refractivity contribution in [1.82, 2.24) is 19.3 Å². The van der Waals surface area contributed by atoms with E-state index in [9.17, 15) is 9.59 Å². The normalized spacial score (nSPS) is 11.7. The molecule has 2 heterocycles. The van der Waals surface area contributed by atoms with E-state index in [1.54, 1.807) is 22.4 Å². The molecule has 3 rings (SSSR count). The maximum Gasteiger partial charge on any atom is 0.264 e. The number of hydrogen-bond acceptors (Lipinski definition) is 5. The lowest BCUT2D eigenvalue weighted by atomic mass is 10.1. The molecule has 0 bridgehead atoms. The summed E-state index contributed by atoms with van der Waals surface area (Å²) in [4.78, 5) is 32.5. The Labute approximate surface area is 189 Å². The zero-order valence-corrected chi connectivity index (χ0v) is 20.2. The Kier molecular flexibility index (Phi) is 6.71. The highest BCUT2D eigenvalue weighted by atomic mass is 16.2. The van der Waals surface area contributed by atoms with E-state index in [0.29, 0.717) is 16.9 Å². The Morgan fingerprint density at radius 1 is 1.16 bits per heavy atom. The maximum atomic E-state index is 13.0. The highest BCUT2D eigenvalue weighted by Crippen LogP contribution is 2.23. The molecule has 0 saturated heterocycles. The monoisotopic (exact) mass is 438 g/mol. The van der Waals surface area contributed by atoms with Crippen molar-refractivity contribution < 1.29 is 4.79 Å². The molecule has 1 N–H and O–H groups in total. The fourth-order valence-electron chi connectivity index (χ4n) is 3.86. The van der Waals surface area contributed by atoms with E-state index in [1.807, 2.05) is 39.8 Å². The zero-order valence-electron chi connectivity index (χ0n) is 20.2. The van der Waals surface area contributed by atoms with Crippen molar-refractivity contribution in [2.24, 2.45) is 0 Å². The SMILES string of the molecule is CCN(CC)c1ccc(NC(=O)CCn2c(C)nc3c(cnn3C(C)(C)C)c2=O)c(C)c1. The fourth-order valence-corrected chi connectivity index (χ4v) is 3.86. The third kappa shape index (κ3) is 4.69. The first kappa shape index (κ1) is 23.5. The lowest BCUT2D eigenvalue weighted by Gasteiger charge is -2.22. The molecule has 172 valence electrons. The number of rotatable bonds is 7. The molecule has 32 heavy (non-hydrogen) atoms. The van der Waals surface area contributed by atoms with Gasteiger partial charge in [0.25, 0.3) is 5.56 Å². The molecule has 0 aliphatic rings. The zero-order chi connectivity index (χ0) is 23.6. The smallest absolute Gasteiger partial charge is 0.264 e. The van der Waals surface area contributed by atoms with Crippen molar-refractivity contribution in [2.45, 2.75) is 67.0 Å². The minimum atomic E-state index is -0.279. The lowest BCUT2D eigenvalue weighted by Crippen LogP contribution is -2.28. The molecule has 8 nitrogen and oxygen atoms in total. The molecule has 1 aromatic carbocycles. The van der Waals surface area contributed by atoms with E-state index in [1.165, 1.54) is 0 Å². The average molecular weight is 439 g/mol. The number of nitrogens with one attached hydrogen (secondary N) is 1. The summed E-state index contributed by atoms with van der Waals surface area (Å²) in [6, 6.07) is 6.05. The largest absolute Gasteiger partial charge is 0.372 e. The van der Waals surface area contributed by atoms with Gasteiger partial charge in [-0.15, -0.1) is 0 Å². The predicted octanol–water partition coefficient (Wildman–Crippen LogP) is 3.84. The number of fused-ring (bicyclic) bond motifs is 1. The van der Waals surface area contributed by atoms with Gasteiger partial charge in [0, 0.05) is 37.4 Å². The Bertz CT molecular complexity index is 1180. The van der Waals surface area contributed by atoms with Crippen LogP contribution in [0.2, 0.25) is 0 Å². The summed E-state index contributed by atoms with van der Waals surface area (Å²) in [5.74, 6) is 0.432. The molecule has 2 aromatic heterocycles. The number of carbonyl (C=O) groups is 1. The molecule has 0 spiro atoms. The number of anilines is 2. The van der Waals surface area contributed by atoms with Crippen LogP contribution in [0.25, 0.3) is 11.0 Å². The number of aromatic nitrogens is 4. The number of carbonyl (C=O) groups excluding carboxylic acids is 1. The van der Waals surface area contributed by atoms with Gasteiger partial charge in [-0.1, -0.05) is 0 Å². The van der Waals surface area contributed by atoms with Crippen LogP contribution in [0.5, 0.6) is 0 Å². The van der Waals surface area contributed by atoms with Crippen molar-refractivity contribution in [1.29, 1.82) is 0 Å². The third-order valence-corrected chi connectivity index (χ3v) is 5.69. The summed E-state index contributed by atoms with van der Waals surface area (Å²) in [6.07, 6.45) is 1.74. The van der Waals surface area contributed by atoms with Gasteiger partial charge in [-0.25, -0.2) is 9.67 Å². The number of aryl methyl sites for hydroxylation is 2. The fraction of sp³-hybridized carbons (Fsp3) is 0.500. The van der Waals surface area contributed by atoms with Crippen molar-refractivity contribution >= 4 is 28.3 Å². The van der Waals surface area contributed by atoms with Crippen molar-refractivity contribution in [2.75, 3.05) is 23.3 Å². The molecule has 0 aliphatic carbocycles. The Hall–Kier alpha value is -3.16. The third-order valence-electron chi connectivity index (χ3n) is 5.69. The van der Waals surface area contributed by atoms with Gasteiger partial charge in [-0.2, -0.15) is 5.10 Å². The van der Waals surface area contributed by atoms with Crippen LogP contribution >= 0.6 is 0 Å². The summed E-state index contributed by atoms with van der Waals surface area (Å²) in [7, 11) is 0. The molecule has 0 aliphatic heterocycles. The van der Waals surface area contributed by atoms with Crippen LogP contribution in [0.1, 0.15) is 52.4 Å². The quantitative estimate of drug-likeness (QED) is 0.606. The highest BCUT2D eigenvalue weighted by molar-refractivity contribution is 5.91. The number of hydrogen-bond donors (Lipinski definition) is 1. The molecule has 8 heteroatoms. The minimum Gasteiger partial charge on any atom is -0.372 e. The van der Waals surface area contributed by atoms with Crippen LogP contribution in [0.15, 0.2) is 29.2 Å². The topological polar surface area (TPSA) is 85.1 Å². The van der Waals surface area contributed by atoms with Gasteiger partial charge >= 0.3 is 0 Å². The van der Waals surface area contributed by atoms with Crippen molar-refractivity contribution in [3.8, 4) is 0 Å². The molecule has 1 amide bonds. The second-order valence-corrected chi connectivity index (χ2v) is 9.05. The standard InChI is InChI=1S/C24H34N6O2/c1-8-28(9-2)18-10-11-20(16(3)14-18)27-21(31)12-13-29-17(4)26-22-19(23(29)32)15-25-30(22)24(5,6)7/h10-11,14-15H,8-9,12-13H2,1-7H3,(H,27,31). The van der Waals surface area contributed by atoms with E-state index < -0.39 is 0 Å². The molecule has 0 atom stereocenters. The molecule has 0 unspecified atom stereocenters.